The molecule has 3 aromatic rings. The third-order valence-corrected chi connectivity index (χ3v) is 7.23. The number of piperidine rings is 1. The number of nitrogens with one attached hydrogen (secondary N) is 2. The number of likely N-dealkylation sites (tertiary alicyclic amines) is 1. The molecule has 1 unspecified atom stereocenters. The molecular formula is C28H31N5O2. The van der Waals surface area contributed by atoms with E-state index < -0.39 is 0 Å². The van der Waals surface area contributed by atoms with Gasteiger partial charge in [0.1, 0.15) is 6.04 Å². The summed E-state index contributed by atoms with van der Waals surface area (Å²) in [5.74, 6) is 3.19. The van der Waals surface area contributed by atoms with Crippen molar-refractivity contribution in [2.24, 2.45) is 5.10 Å². The molecule has 1 saturated heterocycles. The summed E-state index contributed by atoms with van der Waals surface area (Å²) in [4.78, 5) is 2.54. The van der Waals surface area contributed by atoms with Crippen molar-refractivity contribution in [1.82, 2.24) is 21.0 Å². The molecule has 0 aromatic heterocycles. The van der Waals surface area contributed by atoms with E-state index in [0.29, 0.717) is 5.92 Å². The molecule has 1 atom stereocenters. The highest BCUT2D eigenvalue weighted by Crippen LogP contribution is 2.42. The number of ether oxygens (including phenoxy) is 2. The third-order valence-electron chi connectivity index (χ3n) is 7.23. The zero-order valence-corrected chi connectivity index (χ0v) is 19.8. The lowest BCUT2D eigenvalue weighted by Gasteiger charge is -2.39. The van der Waals surface area contributed by atoms with E-state index in [1.165, 1.54) is 11.1 Å². The molecule has 3 heterocycles. The summed E-state index contributed by atoms with van der Waals surface area (Å²) in [5, 5.41) is 6.86. The first kappa shape index (κ1) is 21.9. The zero-order chi connectivity index (χ0) is 23.5. The van der Waals surface area contributed by atoms with Gasteiger partial charge in [0.25, 0.3) is 0 Å². The number of nitrogens with zero attached hydrogens (tertiary/aromatic N) is 3. The van der Waals surface area contributed by atoms with Crippen LogP contribution in [0.1, 0.15) is 41.5 Å². The second-order valence-electron chi connectivity index (χ2n) is 9.29. The van der Waals surface area contributed by atoms with Crippen molar-refractivity contribution < 1.29 is 9.47 Å². The number of rotatable bonds is 7. The topological polar surface area (TPSA) is 61.4 Å². The van der Waals surface area contributed by atoms with Crippen LogP contribution < -0.4 is 20.5 Å². The maximum absolute atomic E-state index is 5.95. The quantitative estimate of drug-likeness (QED) is 0.540. The largest absolute Gasteiger partial charge is 0.454 e. The highest BCUT2D eigenvalue weighted by atomic mass is 16.7. The van der Waals surface area contributed by atoms with E-state index in [4.69, 9.17) is 14.6 Å². The van der Waals surface area contributed by atoms with Crippen LogP contribution in [-0.4, -0.2) is 42.2 Å². The first-order valence-corrected chi connectivity index (χ1v) is 12.4. The number of benzene rings is 3. The standard InChI is InChI=1S/C28H31N5O2/c1-3-8-21(9-4-1)14-19-33-28(29-30-31-33)26(24-12-7-13-25-27(24)35-20-34-25)32-17-15-23(16-18-32)22-10-5-2-6-11-22/h1-13,23,26,30-31H,14-20H2. The van der Waals surface area contributed by atoms with E-state index in [9.17, 15) is 0 Å². The SMILES string of the molecule is c1ccc(CCN2NNN=C2C(c2cccc3c2OCO3)N2CCC(c3ccccc3)CC2)cc1. The lowest BCUT2D eigenvalue weighted by Crippen LogP contribution is -2.48. The summed E-state index contributed by atoms with van der Waals surface area (Å²) in [7, 11) is 0. The average molecular weight is 470 g/mol. The predicted octanol–water partition coefficient (Wildman–Crippen LogP) is 4.22. The number of hydrogen-bond acceptors (Lipinski definition) is 7. The molecule has 7 nitrogen and oxygen atoms in total. The molecule has 3 aliphatic rings. The lowest BCUT2D eigenvalue weighted by molar-refractivity contribution is 0.161. The van der Waals surface area contributed by atoms with E-state index in [0.717, 1.165) is 61.8 Å². The molecular weight excluding hydrogens is 438 g/mol. The molecule has 0 bridgehead atoms. The Morgan fingerprint density at radius 2 is 1.66 bits per heavy atom. The van der Waals surface area contributed by atoms with E-state index in [1.54, 1.807) is 0 Å². The highest BCUT2D eigenvalue weighted by molar-refractivity contribution is 5.90. The Labute approximate surface area is 206 Å². The fourth-order valence-electron chi connectivity index (χ4n) is 5.41. The first-order chi connectivity index (χ1) is 17.4. The minimum Gasteiger partial charge on any atom is -0.454 e. The normalized spacial score (nSPS) is 18.9. The van der Waals surface area contributed by atoms with Crippen LogP contribution in [0.25, 0.3) is 0 Å². The molecule has 0 saturated carbocycles. The van der Waals surface area contributed by atoms with E-state index in [1.807, 2.05) is 6.07 Å². The van der Waals surface area contributed by atoms with Gasteiger partial charge in [0, 0.05) is 12.1 Å². The number of hydrogen-bond donors (Lipinski definition) is 2. The Morgan fingerprint density at radius 3 is 2.46 bits per heavy atom. The van der Waals surface area contributed by atoms with Crippen LogP contribution in [0.4, 0.5) is 0 Å². The van der Waals surface area contributed by atoms with Crippen molar-refractivity contribution in [3.05, 3.63) is 95.6 Å². The van der Waals surface area contributed by atoms with Crippen molar-refractivity contribution in [3.63, 3.8) is 0 Å². The Balaban J connectivity index is 1.26. The molecule has 7 heteroatoms. The van der Waals surface area contributed by atoms with E-state index in [2.05, 4.69) is 93.8 Å². The Morgan fingerprint density at radius 1 is 0.886 bits per heavy atom. The number of hydrazine groups is 2. The van der Waals surface area contributed by atoms with Crippen LogP contribution in [0, 0.1) is 0 Å². The third kappa shape index (κ3) is 4.57. The van der Waals surface area contributed by atoms with Crippen molar-refractivity contribution in [3.8, 4) is 11.5 Å². The minimum absolute atomic E-state index is 0.0401. The lowest BCUT2D eigenvalue weighted by atomic mass is 9.88. The second kappa shape index (κ2) is 9.98. The molecule has 0 aliphatic carbocycles. The van der Waals surface area contributed by atoms with Gasteiger partial charge in [-0.05, 0) is 55.5 Å². The maximum Gasteiger partial charge on any atom is 0.231 e. The molecule has 3 aliphatic heterocycles. The fourth-order valence-corrected chi connectivity index (χ4v) is 5.41. The Bertz CT molecular complexity index is 1160. The van der Waals surface area contributed by atoms with E-state index in [-0.39, 0.29) is 12.8 Å². The van der Waals surface area contributed by atoms with Gasteiger partial charge in [-0.15, -0.1) is 10.6 Å². The van der Waals surface area contributed by atoms with Gasteiger partial charge in [0.2, 0.25) is 6.79 Å². The fraction of sp³-hybridized carbons (Fsp3) is 0.321. The minimum atomic E-state index is -0.0401. The van der Waals surface area contributed by atoms with Gasteiger partial charge in [-0.3, -0.25) is 9.91 Å². The molecule has 1 fully saturated rings. The van der Waals surface area contributed by atoms with Crippen LogP contribution in [0.2, 0.25) is 0 Å². The predicted molar refractivity (Wildman–Crippen MR) is 136 cm³/mol. The Kier molecular flexibility index (Phi) is 6.26. The molecule has 2 N–H and O–H groups in total. The van der Waals surface area contributed by atoms with Gasteiger partial charge in [-0.1, -0.05) is 72.8 Å². The van der Waals surface area contributed by atoms with Crippen molar-refractivity contribution in [2.45, 2.75) is 31.2 Å². The summed E-state index contributed by atoms with van der Waals surface area (Å²) in [6.45, 7) is 3.04. The van der Waals surface area contributed by atoms with Crippen LogP contribution in [-0.2, 0) is 6.42 Å². The van der Waals surface area contributed by atoms with Crippen LogP contribution >= 0.6 is 0 Å². The van der Waals surface area contributed by atoms with Gasteiger partial charge in [-0.25, -0.2) is 5.53 Å². The summed E-state index contributed by atoms with van der Waals surface area (Å²) in [6, 6.07) is 27.6. The molecule has 3 aromatic carbocycles. The highest BCUT2D eigenvalue weighted by Gasteiger charge is 2.37. The number of para-hydroxylation sites is 1. The number of hydrazone groups is 1. The molecule has 0 radical (unpaired) electrons. The monoisotopic (exact) mass is 469 g/mol. The molecule has 6 rings (SSSR count). The van der Waals surface area contributed by atoms with Gasteiger partial charge < -0.3 is 9.47 Å². The summed E-state index contributed by atoms with van der Waals surface area (Å²) < 4.78 is 11.7. The summed E-state index contributed by atoms with van der Waals surface area (Å²) in [6.07, 6.45) is 3.15. The second-order valence-corrected chi connectivity index (χ2v) is 9.29. The van der Waals surface area contributed by atoms with Crippen LogP contribution in [0.5, 0.6) is 11.5 Å². The number of fused-ring (bicyclic) bond motifs is 1. The Hall–Kier alpha value is -3.55. The first-order valence-electron chi connectivity index (χ1n) is 12.4. The van der Waals surface area contributed by atoms with Crippen molar-refractivity contribution in [2.75, 3.05) is 26.4 Å². The smallest absolute Gasteiger partial charge is 0.231 e. The zero-order valence-electron chi connectivity index (χ0n) is 19.8. The van der Waals surface area contributed by atoms with Crippen LogP contribution in [0.3, 0.4) is 0 Å². The van der Waals surface area contributed by atoms with Crippen molar-refractivity contribution in [1.29, 1.82) is 0 Å². The molecule has 0 amide bonds. The number of amidine groups is 1. The average Bonchev–Trinajstić information content (AvgIpc) is 3.59. The molecule has 35 heavy (non-hydrogen) atoms. The molecule has 180 valence electrons. The van der Waals surface area contributed by atoms with E-state index >= 15 is 0 Å². The maximum atomic E-state index is 5.95. The van der Waals surface area contributed by atoms with Crippen LogP contribution in [0.15, 0.2) is 84.0 Å². The van der Waals surface area contributed by atoms with Gasteiger partial charge in [0.05, 0.1) is 0 Å². The van der Waals surface area contributed by atoms with Gasteiger partial charge >= 0.3 is 0 Å². The summed E-state index contributed by atoms with van der Waals surface area (Å²) >= 11 is 0. The van der Waals surface area contributed by atoms with Gasteiger partial charge in [0.15, 0.2) is 17.3 Å². The van der Waals surface area contributed by atoms with Crippen molar-refractivity contribution >= 4 is 5.84 Å². The molecule has 0 spiro atoms. The summed E-state index contributed by atoms with van der Waals surface area (Å²) in [5.41, 5.74) is 10.1. The van der Waals surface area contributed by atoms with Gasteiger partial charge in [-0.2, -0.15) is 0 Å².